The highest BCUT2D eigenvalue weighted by Crippen LogP contribution is 2.34. The van der Waals surface area contributed by atoms with Crippen LogP contribution in [0.2, 0.25) is 5.02 Å². The number of rotatable bonds is 3. The second kappa shape index (κ2) is 4.45. The number of halogens is 3. The maximum Gasteiger partial charge on any atom is 0.297 e. The topological polar surface area (TPSA) is 76.3 Å². The molecule has 1 aromatic heterocycles. The zero-order valence-electron chi connectivity index (χ0n) is 7.15. The highest BCUT2D eigenvalue weighted by molar-refractivity contribution is 6.33. The number of aliphatic hydroxyl groups is 1. The van der Waals surface area contributed by atoms with E-state index in [1.807, 2.05) is 0 Å². The minimum atomic E-state index is -3.00. The summed E-state index contributed by atoms with van der Waals surface area (Å²) in [7, 11) is 0. The minimum absolute atomic E-state index is 0.200. The molecule has 1 heterocycles. The van der Waals surface area contributed by atoms with Crippen LogP contribution < -0.4 is 0 Å². The number of hydrogen-bond acceptors (Lipinski definition) is 4. The molecule has 0 amide bonds. The van der Waals surface area contributed by atoms with Crippen LogP contribution in [0.3, 0.4) is 0 Å². The fourth-order valence-electron chi connectivity index (χ4n) is 0.993. The Kier molecular flexibility index (Phi) is 3.48. The molecule has 1 aromatic rings. The molecule has 0 radical (unpaired) electrons. The fourth-order valence-corrected chi connectivity index (χ4v) is 1.31. The average Bonchev–Trinajstić information content (AvgIpc) is 2.15. The van der Waals surface area contributed by atoms with Crippen LogP contribution in [0.25, 0.3) is 0 Å². The zero-order chi connectivity index (χ0) is 11.6. The van der Waals surface area contributed by atoms with Gasteiger partial charge in [0.05, 0.1) is 17.1 Å². The first-order valence-corrected chi connectivity index (χ1v) is 4.07. The van der Waals surface area contributed by atoms with Crippen molar-refractivity contribution in [3.05, 3.63) is 32.6 Å². The van der Waals surface area contributed by atoms with Crippen molar-refractivity contribution in [3.63, 3.8) is 0 Å². The van der Waals surface area contributed by atoms with E-state index in [1.165, 1.54) is 0 Å². The molecule has 5 nitrogen and oxygen atoms in total. The van der Waals surface area contributed by atoms with Crippen molar-refractivity contribution >= 4 is 17.3 Å². The van der Waals surface area contributed by atoms with E-state index in [2.05, 4.69) is 4.98 Å². The minimum Gasteiger partial charge on any atom is -0.391 e. The van der Waals surface area contributed by atoms with E-state index < -0.39 is 34.4 Å². The molecule has 0 aliphatic rings. The maximum atomic E-state index is 12.3. The highest BCUT2D eigenvalue weighted by Gasteiger charge is 2.26. The Morgan fingerprint density at radius 2 is 2.27 bits per heavy atom. The highest BCUT2D eigenvalue weighted by atomic mass is 35.5. The number of alkyl halides is 2. The standard InChI is InChI=1S/C7H5ClF2N2O3/c8-4-5(7(9)10)11-1-3(2-13)6(4)12(14)15/h1,7,13H,2H2. The summed E-state index contributed by atoms with van der Waals surface area (Å²) < 4.78 is 24.5. The average molecular weight is 239 g/mol. The second-order valence-electron chi connectivity index (χ2n) is 2.55. The van der Waals surface area contributed by atoms with Gasteiger partial charge in [-0.15, -0.1) is 0 Å². The number of pyridine rings is 1. The molecule has 0 aromatic carbocycles. The van der Waals surface area contributed by atoms with Crippen LogP contribution in [0.5, 0.6) is 0 Å². The van der Waals surface area contributed by atoms with Gasteiger partial charge in [-0.2, -0.15) is 0 Å². The van der Waals surface area contributed by atoms with E-state index in [1.54, 1.807) is 0 Å². The van der Waals surface area contributed by atoms with E-state index >= 15 is 0 Å². The van der Waals surface area contributed by atoms with Gasteiger partial charge in [0, 0.05) is 6.20 Å². The maximum absolute atomic E-state index is 12.3. The predicted octanol–water partition coefficient (Wildman–Crippen LogP) is 2.07. The molecule has 0 saturated carbocycles. The summed E-state index contributed by atoms with van der Waals surface area (Å²) in [5, 5.41) is 18.5. The molecule has 1 rings (SSSR count). The Labute approximate surface area is 87.5 Å². The molecule has 0 bridgehead atoms. The third-order valence-corrected chi connectivity index (χ3v) is 2.03. The molecule has 0 unspecified atom stereocenters. The van der Waals surface area contributed by atoms with E-state index in [4.69, 9.17) is 16.7 Å². The van der Waals surface area contributed by atoms with Crippen molar-refractivity contribution in [2.75, 3.05) is 0 Å². The van der Waals surface area contributed by atoms with Gasteiger partial charge >= 0.3 is 0 Å². The van der Waals surface area contributed by atoms with Crippen molar-refractivity contribution in [2.45, 2.75) is 13.0 Å². The molecule has 0 aliphatic heterocycles. The van der Waals surface area contributed by atoms with Gasteiger partial charge in [-0.1, -0.05) is 11.6 Å². The molecule has 0 atom stereocenters. The van der Waals surface area contributed by atoms with Gasteiger partial charge in [0.25, 0.3) is 12.1 Å². The fraction of sp³-hybridized carbons (Fsp3) is 0.286. The Morgan fingerprint density at radius 3 is 2.67 bits per heavy atom. The number of hydrogen-bond donors (Lipinski definition) is 1. The SMILES string of the molecule is O=[N+]([O-])c1c(CO)cnc(C(F)F)c1Cl. The Morgan fingerprint density at radius 1 is 1.67 bits per heavy atom. The van der Waals surface area contributed by atoms with Gasteiger partial charge in [-0.3, -0.25) is 15.1 Å². The van der Waals surface area contributed by atoms with Crippen molar-refractivity contribution < 1.29 is 18.8 Å². The molecule has 8 heteroatoms. The van der Waals surface area contributed by atoms with Gasteiger partial charge in [0.2, 0.25) is 0 Å². The lowest BCUT2D eigenvalue weighted by atomic mass is 10.2. The predicted molar refractivity (Wildman–Crippen MR) is 46.8 cm³/mol. The molecule has 1 N–H and O–H groups in total. The zero-order valence-corrected chi connectivity index (χ0v) is 7.91. The second-order valence-corrected chi connectivity index (χ2v) is 2.93. The summed E-state index contributed by atoms with van der Waals surface area (Å²) in [6.45, 7) is -0.688. The summed E-state index contributed by atoms with van der Waals surface area (Å²) >= 11 is 5.39. The van der Waals surface area contributed by atoms with Crippen LogP contribution in [0.15, 0.2) is 6.20 Å². The molecule has 0 saturated heterocycles. The molecule has 82 valence electrons. The number of aromatic nitrogens is 1. The van der Waals surface area contributed by atoms with E-state index in [-0.39, 0.29) is 5.56 Å². The van der Waals surface area contributed by atoms with Gasteiger partial charge in [-0.05, 0) is 0 Å². The molecule has 0 aliphatic carbocycles. The Hall–Kier alpha value is -1.34. The monoisotopic (exact) mass is 238 g/mol. The molecule has 0 fully saturated rings. The first-order chi connectivity index (χ1) is 6.99. The quantitative estimate of drug-likeness (QED) is 0.646. The van der Waals surface area contributed by atoms with Gasteiger partial charge in [-0.25, -0.2) is 8.78 Å². The smallest absolute Gasteiger partial charge is 0.297 e. The van der Waals surface area contributed by atoms with Crippen LogP contribution >= 0.6 is 11.6 Å². The lowest BCUT2D eigenvalue weighted by Crippen LogP contribution is -2.02. The summed E-state index contributed by atoms with van der Waals surface area (Å²) in [5.41, 5.74) is -1.79. The molecular weight excluding hydrogens is 234 g/mol. The van der Waals surface area contributed by atoms with E-state index in [9.17, 15) is 18.9 Å². The van der Waals surface area contributed by atoms with E-state index in [0.29, 0.717) is 0 Å². The molecule has 0 spiro atoms. The van der Waals surface area contributed by atoms with Crippen LogP contribution in [-0.4, -0.2) is 15.0 Å². The van der Waals surface area contributed by atoms with Gasteiger partial charge in [0.1, 0.15) is 10.7 Å². The van der Waals surface area contributed by atoms with Crippen molar-refractivity contribution in [3.8, 4) is 0 Å². The molecular formula is C7H5ClF2N2O3. The summed E-state index contributed by atoms with van der Waals surface area (Å²) in [6, 6.07) is 0. The van der Waals surface area contributed by atoms with Crippen LogP contribution in [-0.2, 0) is 6.61 Å². The van der Waals surface area contributed by atoms with Gasteiger partial charge < -0.3 is 5.11 Å². The van der Waals surface area contributed by atoms with Crippen LogP contribution in [0.1, 0.15) is 17.7 Å². The van der Waals surface area contributed by atoms with Crippen molar-refractivity contribution in [2.24, 2.45) is 0 Å². The normalized spacial score (nSPS) is 10.7. The van der Waals surface area contributed by atoms with E-state index in [0.717, 1.165) is 6.20 Å². The van der Waals surface area contributed by atoms with Crippen molar-refractivity contribution in [1.82, 2.24) is 4.98 Å². The largest absolute Gasteiger partial charge is 0.391 e. The summed E-state index contributed by atoms with van der Waals surface area (Å²) in [5.74, 6) is 0. The lowest BCUT2D eigenvalue weighted by molar-refractivity contribution is -0.385. The third-order valence-electron chi connectivity index (χ3n) is 1.66. The molecule has 15 heavy (non-hydrogen) atoms. The Bertz CT molecular complexity index is 400. The first kappa shape index (κ1) is 11.7. The number of nitrogens with zero attached hydrogens (tertiary/aromatic N) is 2. The lowest BCUT2D eigenvalue weighted by Gasteiger charge is -2.05. The third kappa shape index (κ3) is 2.18. The summed E-state index contributed by atoms with van der Waals surface area (Å²) in [6.07, 6.45) is -2.19. The summed E-state index contributed by atoms with van der Waals surface area (Å²) in [4.78, 5) is 12.8. The number of aliphatic hydroxyl groups excluding tert-OH is 1. The first-order valence-electron chi connectivity index (χ1n) is 3.69. The van der Waals surface area contributed by atoms with Gasteiger partial charge in [0.15, 0.2) is 0 Å². The number of nitro groups is 1. The Balaban J connectivity index is 3.42. The van der Waals surface area contributed by atoms with Crippen molar-refractivity contribution in [1.29, 1.82) is 0 Å². The van der Waals surface area contributed by atoms with Crippen LogP contribution in [0, 0.1) is 10.1 Å². The van der Waals surface area contributed by atoms with Crippen LogP contribution in [0.4, 0.5) is 14.5 Å².